The zero-order valence-electron chi connectivity index (χ0n) is 8.09. The smallest absolute Gasteiger partial charge is 0.0359 e. The minimum atomic E-state index is 0.531. The number of nitrogens with one attached hydrogen (secondary N) is 1. The maximum atomic E-state index is 7.00. The van der Waals surface area contributed by atoms with Gasteiger partial charge in [-0.1, -0.05) is 32.9 Å². The van der Waals surface area contributed by atoms with Crippen LogP contribution in [0.2, 0.25) is 0 Å². The fraction of sp³-hybridized carbons (Fsp3) is 0.500. The molecule has 0 amide bonds. The molecule has 1 atom stereocenters. The summed E-state index contributed by atoms with van der Waals surface area (Å²) in [4.78, 5) is 0. The molecule has 0 bridgehead atoms. The van der Waals surface area contributed by atoms with Crippen molar-refractivity contribution in [1.82, 2.24) is 0 Å². The fourth-order valence-corrected chi connectivity index (χ4v) is 1.03. The average molecular weight is 166 g/mol. The Bertz CT molecular complexity index is 202. The second-order valence-electron chi connectivity index (χ2n) is 2.64. The van der Waals surface area contributed by atoms with Crippen molar-refractivity contribution in [3.05, 3.63) is 23.4 Å². The zero-order valence-corrected chi connectivity index (χ0v) is 8.09. The van der Waals surface area contributed by atoms with Gasteiger partial charge in [0, 0.05) is 17.5 Å². The summed E-state index contributed by atoms with van der Waals surface area (Å²) < 4.78 is 0. The summed E-state index contributed by atoms with van der Waals surface area (Å²) in [7, 11) is 0. The Labute approximate surface area is 74.7 Å². The van der Waals surface area contributed by atoms with Gasteiger partial charge in [-0.15, -0.1) is 0 Å². The molecule has 0 aromatic rings. The third-order valence-corrected chi connectivity index (χ3v) is 1.66. The second kappa shape index (κ2) is 5.58. The van der Waals surface area contributed by atoms with Crippen molar-refractivity contribution >= 4 is 6.21 Å². The van der Waals surface area contributed by atoms with E-state index in [1.165, 1.54) is 6.21 Å². The lowest BCUT2D eigenvalue weighted by atomic mass is 9.96. The van der Waals surface area contributed by atoms with Crippen LogP contribution in [0.1, 0.15) is 27.2 Å². The fourth-order valence-electron chi connectivity index (χ4n) is 1.03. The van der Waals surface area contributed by atoms with Crippen molar-refractivity contribution < 1.29 is 0 Å². The number of allylic oxidation sites excluding steroid dienone is 3. The molecule has 0 spiro atoms. The first kappa shape index (κ1) is 11.0. The predicted molar refractivity (Wildman–Crippen MR) is 54.3 cm³/mol. The van der Waals surface area contributed by atoms with Crippen molar-refractivity contribution in [2.45, 2.75) is 27.2 Å². The molecular formula is C10H18N2. The first-order valence-electron chi connectivity index (χ1n) is 4.42. The lowest BCUT2D eigenvalue weighted by Crippen LogP contribution is -2.08. The molecule has 2 nitrogen and oxygen atoms in total. The summed E-state index contributed by atoms with van der Waals surface area (Å²) in [6.45, 7) is 6.12. The van der Waals surface area contributed by atoms with E-state index in [1.807, 2.05) is 26.0 Å². The molecule has 0 aromatic carbocycles. The van der Waals surface area contributed by atoms with E-state index in [2.05, 4.69) is 6.92 Å². The summed E-state index contributed by atoms with van der Waals surface area (Å²) in [6, 6.07) is 0. The van der Waals surface area contributed by atoms with Crippen LogP contribution in [0.15, 0.2) is 23.4 Å². The van der Waals surface area contributed by atoms with Crippen LogP contribution in [0, 0.1) is 11.3 Å². The molecule has 1 unspecified atom stereocenters. The Kier molecular flexibility index (Phi) is 5.09. The molecule has 1 rings (SSSR count). The van der Waals surface area contributed by atoms with E-state index in [9.17, 15) is 0 Å². The summed E-state index contributed by atoms with van der Waals surface area (Å²) in [5, 5.41) is 7.00. The molecule has 68 valence electrons. The molecule has 0 saturated heterocycles. The molecule has 12 heavy (non-hydrogen) atoms. The van der Waals surface area contributed by atoms with Crippen LogP contribution < -0.4 is 5.73 Å². The molecular weight excluding hydrogens is 148 g/mol. The van der Waals surface area contributed by atoms with Crippen molar-refractivity contribution in [1.29, 1.82) is 5.41 Å². The van der Waals surface area contributed by atoms with Gasteiger partial charge >= 0.3 is 0 Å². The molecule has 0 aromatic heterocycles. The van der Waals surface area contributed by atoms with E-state index in [1.54, 1.807) is 0 Å². The van der Waals surface area contributed by atoms with Gasteiger partial charge in [0.05, 0.1) is 0 Å². The van der Waals surface area contributed by atoms with E-state index in [4.69, 9.17) is 11.1 Å². The monoisotopic (exact) mass is 166 g/mol. The predicted octanol–water partition coefficient (Wildman–Crippen LogP) is 2.47. The van der Waals surface area contributed by atoms with Crippen LogP contribution in [0.3, 0.4) is 0 Å². The molecule has 0 radical (unpaired) electrons. The third-order valence-electron chi connectivity index (χ3n) is 1.66. The van der Waals surface area contributed by atoms with Gasteiger partial charge in [0.25, 0.3) is 0 Å². The van der Waals surface area contributed by atoms with Crippen molar-refractivity contribution in [3.63, 3.8) is 0 Å². The summed E-state index contributed by atoms with van der Waals surface area (Å²) in [5.41, 5.74) is 7.20. The molecule has 0 aliphatic heterocycles. The van der Waals surface area contributed by atoms with Crippen molar-refractivity contribution in [3.8, 4) is 0 Å². The molecule has 0 heterocycles. The van der Waals surface area contributed by atoms with Gasteiger partial charge in [-0.2, -0.15) is 0 Å². The van der Waals surface area contributed by atoms with E-state index in [0.717, 1.165) is 17.7 Å². The van der Waals surface area contributed by atoms with Crippen LogP contribution in [0.25, 0.3) is 0 Å². The van der Waals surface area contributed by atoms with Crippen molar-refractivity contribution in [2.24, 2.45) is 11.7 Å². The maximum Gasteiger partial charge on any atom is 0.0359 e. The SMILES string of the molecule is CC.CC1C=C(C=N)C(N)=CC1. The van der Waals surface area contributed by atoms with Crippen LogP contribution >= 0.6 is 0 Å². The first-order chi connectivity index (χ1) is 5.74. The van der Waals surface area contributed by atoms with Crippen molar-refractivity contribution in [2.75, 3.05) is 0 Å². The van der Waals surface area contributed by atoms with Crippen LogP contribution in [-0.4, -0.2) is 6.21 Å². The first-order valence-corrected chi connectivity index (χ1v) is 4.42. The Balaban J connectivity index is 0.000000561. The number of nitrogens with two attached hydrogens (primary N) is 1. The highest BCUT2D eigenvalue weighted by atomic mass is 14.6. The van der Waals surface area contributed by atoms with Crippen LogP contribution in [0.5, 0.6) is 0 Å². The number of hydrogen-bond acceptors (Lipinski definition) is 2. The number of hydrogen-bond donors (Lipinski definition) is 2. The lowest BCUT2D eigenvalue weighted by molar-refractivity contribution is 0.726. The maximum absolute atomic E-state index is 7.00. The van der Waals surface area contributed by atoms with Gasteiger partial charge in [-0.05, 0) is 12.3 Å². The Morgan fingerprint density at radius 3 is 2.58 bits per heavy atom. The largest absolute Gasteiger partial charge is 0.398 e. The van der Waals surface area contributed by atoms with E-state index < -0.39 is 0 Å². The van der Waals surface area contributed by atoms with Crippen LogP contribution in [-0.2, 0) is 0 Å². The van der Waals surface area contributed by atoms with Gasteiger partial charge < -0.3 is 11.1 Å². The Morgan fingerprint density at radius 2 is 2.17 bits per heavy atom. The van der Waals surface area contributed by atoms with Gasteiger partial charge in [0.2, 0.25) is 0 Å². The second-order valence-corrected chi connectivity index (χ2v) is 2.64. The standard InChI is InChI=1S/C8H12N2.C2H6/c1-6-2-3-8(10)7(4-6)5-9;1-2/h3-6,9H,2,10H2,1H3;1-2H3. The zero-order chi connectivity index (χ0) is 9.56. The summed E-state index contributed by atoms with van der Waals surface area (Å²) >= 11 is 0. The Morgan fingerprint density at radius 1 is 1.58 bits per heavy atom. The molecule has 1 aliphatic carbocycles. The summed E-state index contributed by atoms with van der Waals surface area (Å²) in [6.07, 6.45) is 6.32. The molecule has 0 saturated carbocycles. The lowest BCUT2D eigenvalue weighted by Gasteiger charge is -2.12. The topological polar surface area (TPSA) is 49.9 Å². The molecule has 0 fully saturated rings. The number of rotatable bonds is 1. The minimum absolute atomic E-state index is 0.531. The Hall–Kier alpha value is -1.05. The normalized spacial score (nSPS) is 21.4. The van der Waals surface area contributed by atoms with E-state index in [0.29, 0.717) is 5.92 Å². The average Bonchev–Trinajstić information content (AvgIpc) is 2.13. The molecule has 2 heteroatoms. The van der Waals surface area contributed by atoms with Gasteiger partial charge in [-0.3, -0.25) is 0 Å². The quantitative estimate of drug-likeness (QED) is 0.578. The van der Waals surface area contributed by atoms with Gasteiger partial charge in [0.1, 0.15) is 0 Å². The van der Waals surface area contributed by atoms with Crippen LogP contribution in [0.4, 0.5) is 0 Å². The highest BCUT2D eigenvalue weighted by Gasteiger charge is 2.06. The van der Waals surface area contributed by atoms with Gasteiger partial charge in [0.15, 0.2) is 0 Å². The van der Waals surface area contributed by atoms with E-state index >= 15 is 0 Å². The third kappa shape index (κ3) is 2.91. The van der Waals surface area contributed by atoms with Gasteiger partial charge in [-0.25, -0.2) is 0 Å². The highest BCUT2D eigenvalue weighted by molar-refractivity contribution is 5.82. The highest BCUT2D eigenvalue weighted by Crippen LogP contribution is 2.17. The molecule has 1 aliphatic rings. The minimum Gasteiger partial charge on any atom is -0.398 e. The summed E-state index contributed by atoms with van der Waals surface area (Å²) in [5.74, 6) is 0.531. The molecule has 3 N–H and O–H groups in total. The van der Waals surface area contributed by atoms with E-state index in [-0.39, 0.29) is 0 Å².